The van der Waals surface area contributed by atoms with E-state index in [1.54, 1.807) is 11.3 Å². The van der Waals surface area contributed by atoms with Gasteiger partial charge in [-0.25, -0.2) is 0 Å². The molecule has 0 N–H and O–H groups in total. The van der Waals surface area contributed by atoms with Gasteiger partial charge in [0.1, 0.15) is 0 Å². The van der Waals surface area contributed by atoms with Crippen molar-refractivity contribution in [3.63, 3.8) is 0 Å². The molecule has 0 nitrogen and oxygen atoms in total. The first-order valence-corrected chi connectivity index (χ1v) is 6.56. The third-order valence-electron chi connectivity index (χ3n) is 2.82. The topological polar surface area (TPSA) is 0 Å². The summed E-state index contributed by atoms with van der Waals surface area (Å²) >= 11 is 1.74. The first kappa shape index (κ1) is 10.3. The summed E-state index contributed by atoms with van der Waals surface area (Å²) in [5.74, 6) is 0. The summed E-state index contributed by atoms with van der Waals surface area (Å²) in [5.41, 5.74) is 5.12. The molecule has 0 spiro atoms. The van der Waals surface area contributed by atoms with Gasteiger partial charge in [0.05, 0.1) is 0 Å². The lowest BCUT2D eigenvalue weighted by Gasteiger charge is -2.04. The predicted molar refractivity (Wildman–Crippen MR) is 75.2 cm³/mol. The van der Waals surface area contributed by atoms with Gasteiger partial charge in [0.25, 0.3) is 0 Å². The van der Waals surface area contributed by atoms with Crippen LogP contribution in [0.25, 0.3) is 22.3 Å². The Kier molecular flexibility index (Phi) is 2.76. The molecule has 0 radical (unpaired) electrons. The third-order valence-corrected chi connectivity index (χ3v) is 3.51. The fourth-order valence-electron chi connectivity index (χ4n) is 1.94. The molecular formula is C16H12S. The minimum atomic E-state index is 1.27. The molecule has 0 fully saturated rings. The van der Waals surface area contributed by atoms with Gasteiger partial charge in [-0.15, -0.1) is 0 Å². The van der Waals surface area contributed by atoms with Crippen LogP contribution in [0.1, 0.15) is 0 Å². The molecule has 0 bridgehead atoms. The van der Waals surface area contributed by atoms with Crippen LogP contribution >= 0.6 is 11.3 Å². The maximum Gasteiger partial charge on any atom is -0.00147 e. The maximum absolute atomic E-state index is 2.25. The Morgan fingerprint density at radius 1 is 0.588 bits per heavy atom. The number of benzene rings is 2. The van der Waals surface area contributed by atoms with Crippen LogP contribution in [0.4, 0.5) is 0 Å². The fraction of sp³-hybridized carbons (Fsp3) is 0. The molecule has 1 aromatic heterocycles. The van der Waals surface area contributed by atoms with Crippen molar-refractivity contribution in [3.8, 4) is 22.3 Å². The summed E-state index contributed by atoms with van der Waals surface area (Å²) < 4.78 is 0. The average molecular weight is 236 g/mol. The highest BCUT2D eigenvalue weighted by Gasteiger charge is 2.00. The summed E-state index contributed by atoms with van der Waals surface area (Å²) in [7, 11) is 0. The molecule has 0 saturated heterocycles. The maximum atomic E-state index is 2.25. The van der Waals surface area contributed by atoms with E-state index in [4.69, 9.17) is 0 Å². The van der Waals surface area contributed by atoms with Crippen molar-refractivity contribution < 1.29 is 0 Å². The second kappa shape index (κ2) is 4.56. The van der Waals surface area contributed by atoms with E-state index in [2.05, 4.69) is 65.4 Å². The van der Waals surface area contributed by atoms with Gasteiger partial charge in [-0.05, 0) is 45.1 Å². The standard InChI is InChI=1S/C16H12S/c1-2-5-13(6-3-1)14-7-4-8-15(11-14)16-9-10-17-12-16/h1-12H. The molecule has 82 valence electrons. The van der Waals surface area contributed by atoms with Gasteiger partial charge in [0.15, 0.2) is 0 Å². The number of rotatable bonds is 2. The molecule has 0 saturated carbocycles. The summed E-state index contributed by atoms with van der Waals surface area (Å²) in [4.78, 5) is 0. The molecule has 3 rings (SSSR count). The SMILES string of the molecule is c1ccc(-c2cccc(-c3ccsc3)c2)cc1. The molecule has 2 aromatic carbocycles. The second-order valence-electron chi connectivity index (χ2n) is 3.96. The molecule has 0 atom stereocenters. The highest BCUT2D eigenvalue weighted by Crippen LogP contribution is 2.27. The van der Waals surface area contributed by atoms with Gasteiger partial charge in [0, 0.05) is 0 Å². The quantitative estimate of drug-likeness (QED) is 0.582. The zero-order chi connectivity index (χ0) is 11.5. The number of thiophene rings is 1. The van der Waals surface area contributed by atoms with Crippen molar-refractivity contribution in [2.45, 2.75) is 0 Å². The van der Waals surface area contributed by atoms with Gasteiger partial charge in [0.2, 0.25) is 0 Å². The summed E-state index contributed by atoms with van der Waals surface area (Å²) in [6, 6.07) is 21.3. The van der Waals surface area contributed by atoms with E-state index in [1.165, 1.54) is 22.3 Å². The van der Waals surface area contributed by atoms with Crippen LogP contribution < -0.4 is 0 Å². The lowest BCUT2D eigenvalue weighted by atomic mass is 10.0. The third kappa shape index (κ3) is 2.15. The fourth-order valence-corrected chi connectivity index (χ4v) is 2.60. The van der Waals surface area contributed by atoms with Gasteiger partial charge < -0.3 is 0 Å². The van der Waals surface area contributed by atoms with Gasteiger partial charge in [-0.3, -0.25) is 0 Å². The molecule has 0 aliphatic heterocycles. The normalized spacial score (nSPS) is 10.4. The molecule has 0 aliphatic rings. The van der Waals surface area contributed by atoms with Crippen molar-refractivity contribution in [3.05, 3.63) is 71.4 Å². The van der Waals surface area contributed by atoms with Crippen LogP contribution in [0.5, 0.6) is 0 Å². The molecule has 1 heteroatoms. The Morgan fingerprint density at radius 3 is 2.00 bits per heavy atom. The Balaban J connectivity index is 2.06. The van der Waals surface area contributed by atoms with Crippen molar-refractivity contribution >= 4 is 11.3 Å². The molecule has 17 heavy (non-hydrogen) atoms. The smallest absolute Gasteiger partial charge is 0.00147 e. The van der Waals surface area contributed by atoms with Crippen LogP contribution in [0, 0.1) is 0 Å². The average Bonchev–Trinajstić information content (AvgIpc) is 2.94. The van der Waals surface area contributed by atoms with Gasteiger partial charge in [-0.2, -0.15) is 11.3 Å². The van der Waals surface area contributed by atoms with Gasteiger partial charge >= 0.3 is 0 Å². The van der Waals surface area contributed by atoms with E-state index in [1.807, 2.05) is 6.07 Å². The first-order valence-electron chi connectivity index (χ1n) is 5.61. The van der Waals surface area contributed by atoms with Crippen LogP contribution in [-0.4, -0.2) is 0 Å². The van der Waals surface area contributed by atoms with E-state index in [-0.39, 0.29) is 0 Å². The van der Waals surface area contributed by atoms with Crippen molar-refractivity contribution in [1.29, 1.82) is 0 Å². The van der Waals surface area contributed by atoms with Gasteiger partial charge in [-0.1, -0.05) is 48.5 Å². The molecule has 3 aromatic rings. The first-order chi connectivity index (χ1) is 8.43. The van der Waals surface area contributed by atoms with E-state index in [9.17, 15) is 0 Å². The van der Waals surface area contributed by atoms with Crippen molar-refractivity contribution in [2.24, 2.45) is 0 Å². The zero-order valence-electron chi connectivity index (χ0n) is 9.34. The predicted octanol–water partition coefficient (Wildman–Crippen LogP) is 5.08. The zero-order valence-corrected chi connectivity index (χ0v) is 10.2. The largest absolute Gasteiger partial charge is 0.152 e. The minimum absolute atomic E-state index is 1.27. The summed E-state index contributed by atoms with van der Waals surface area (Å²) in [6.07, 6.45) is 0. The number of hydrogen-bond acceptors (Lipinski definition) is 1. The van der Waals surface area contributed by atoms with E-state index >= 15 is 0 Å². The van der Waals surface area contributed by atoms with E-state index < -0.39 is 0 Å². The Morgan fingerprint density at radius 2 is 1.29 bits per heavy atom. The van der Waals surface area contributed by atoms with Crippen LogP contribution in [0.3, 0.4) is 0 Å². The highest BCUT2D eigenvalue weighted by molar-refractivity contribution is 7.08. The minimum Gasteiger partial charge on any atom is -0.152 e. The number of hydrogen-bond donors (Lipinski definition) is 0. The Bertz CT molecular complexity index is 594. The monoisotopic (exact) mass is 236 g/mol. The molecular weight excluding hydrogens is 224 g/mol. The molecule has 1 heterocycles. The highest BCUT2D eigenvalue weighted by atomic mass is 32.1. The Labute approximate surface area is 105 Å². The lowest BCUT2D eigenvalue weighted by molar-refractivity contribution is 1.61. The van der Waals surface area contributed by atoms with Crippen LogP contribution in [0.2, 0.25) is 0 Å². The lowest BCUT2D eigenvalue weighted by Crippen LogP contribution is -1.79. The van der Waals surface area contributed by atoms with E-state index in [0.717, 1.165) is 0 Å². The summed E-state index contributed by atoms with van der Waals surface area (Å²) in [5, 5.41) is 4.30. The molecule has 0 unspecified atom stereocenters. The van der Waals surface area contributed by atoms with Crippen molar-refractivity contribution in [1.82, 2.24) is 0 Å². The molecule has 0 amide bonds. The van der Waals surface area contributed by atoms with Crippen LogP contribution in [0.15, 0.2) is 71.4 Å². The second-order valence-corrected chi connectivity index (χ2v) is 4.74. The summed E-state index contributed by atoms with van der Waals surface area (Å²) in [6.45, 7) is 0. The van der Waals surface area contributed by atoms with Crippen molar-refractivity contribution in [2.75, 3.05) is 0 Å². The Hall–Kier alpha value is -1.86. The molecule has 0 aliphatic carbocycles. The van der Waals surface area contributed by atoms with E-state index in [0.29, 0.717) is 0 Å². The van der Waals surface area contributed by atoms with Crippen LogP contribution in [-0.2, 0) is 0 Å².